The normalized spacial score (nSPS) is 22.5. The first-order valence-corrected chi connectivity index (χ1v) is 25.3. The molecule has 19 heteroatoms. The highest BCUT2D eigenvalue weighted by molar-refractivity contribution is 7.47. The van der Waals surface area contributed by atoms with Crippen molar-refractivity contribution >= 4 is 27.6 Å². The Balaban J connectivity index is 2.61. The number of unbranched alkanes of at least 4 members (excludes halogenated alkanes) is 23. The van der Waals surface area contributed by atoms with Crippen LogP contribution in [0.15, 0.2) is 0 Å². The molecule has 0 heterocycles. The molecule has 350 valence electrons. The minimum atomic E-state index is -5.36. The Morgan fingerprint density at radius 2 is 0.915 bits per heavy atom. The number of nitrogens with two attached hydrogens (primary N) is 1. The number of aliphatic hydroxyl groups excluding tert-OH is 4. The van der Waals surface area contributed by atoms with Crippen LogP contribution in [0.5, 0.6) is 0 Å². The van der Waals surface area contributed by atoms with Gasteiger partial charge in [0.2, 0.25) is 0 Å². The van der Waals surface area contributed by atoms with Crippen LogP contribution >= 0.6 is 15.6 Å². The van der Waals surface area contributed by atoms with Crippen LogP contribution in [0.4, 0.5) is 0 Å². The summed E-state index contributed by atoms with van der Waals surface area (Å²) in [5.74, 6) is -1.21. The SMILES string of the molecule is CCCCCCCCCCCCCCCC(=O)O[C@H](COC(=O)CCCCCCCCCCCCCCN)COP(=O)(O)OC1C(O)[C@H](OP(=O)(O)O)C(O)[C@H](O)[C@@H]1O. The largest absolute Gasteiger partial charge is 0.472 e. The summed E-state index contributed by atoms with van der Waals surface area (Å²) in [6.07, 6.45) is 13.0. The number of esters is 2. The summed E-state index contributed by atoms with van der Waals surface area (Å²) in [5.41, 5.74) is 5.53. The third-order valence-electron chi connectivity index (χ3n) is 10.5. The maximum atomic E-state index is 12.9. The minimum Gasteiger partial charge on any atom is -0.462 e. The Morgan fingerprint density at radius 3 is 1.34 bits per heavy atom. The summed E-state index contributed by atoms with van der Waals surface area (Å²) in [6, 6.07) is 0. The van der Waals surface area contributed by atoms with Crippen LogP contribution in [0, 0.1) is 0 Å². The number of rotatable bonds is 38. The number of aliphatic hydroxyl groups is 4. The molecule has 0 spiro atoms. The van der Waals surface area contributed by atoms with E-state index >= 15 is 0 Å². The number of carbonyl (C=O) groups excluding carboxylic acids is 2. The molecule has 0 saturated heterocycles. The zero-order chi connectivity index (χ0) is 43.9. The molecule has 0 radical (unpaired) electrons. The van der Waals surface area contributed by atoms with E-state index in [2.05, 4.69) is 11.4 Å². The smallest absolute Gasteiger partial charge is 0.462 e. The van der Waals surface area contributed by atoms with Crippen LogP contribution in [0.2, 0.25) is 0 Å². The fourth-order valence-electron chi connectivity index (χ4n) is 7.04. The van der Waals surface area contributed by atoms with Crippen molar-refractivity contribution < 1.29 is 76.9 Å². The molecular weight excluding hydrogens is 812 g/mol. The molecule has 0 aromatic heterocycles. The molecular formula is C40H79NO16P2. The lowest BCUT2D eigenvalue weighted by atomic mass is 9.85. The molecule has 0 bridgehead atoms. The Morgan fingerprint density at radius 1 is 0.525 bits per heavy atom. The molecule has 0 aromatic carbocycles. The average Bonchev–Trinajstić information content (AvgIpc) is 3.18. The van der Waals surface area contributed by atoms with Crippen LogP contribution in [0.1, 0.15) is 180 Å². The van der Waals surface area contributed by atoms with E-state index in [1.165, 1.54) is 89.9 Å². The van der Waals surface area contributed by atoms with E-state index < -0.39 is 83.5 Å². The van der Waals surface area contributed by atoms with Gasteiger partial charge in [-0.2, -0.15) is 0 Å². The molecule has 59 heavy (non-hydrogen) atoms. The first-order valence-electron chi connectivity index (χ1n) is 22.3. The molecule has 1 aliphatic carbocycles. The van der Waals surface area contributed by atoms with Gasteiger partial charge in [-0.3, -0.25) is 23.2 Å². The molecule has 8 atom stereocenters. The van der Waals surface area contributed by atoms with Crippen molar-refractivity contribution in [3.05, 3.63) is 0 Å². The van der Waals surface area contributed by atoms with Crippen LogP contribution in [-0.2, 0) is 41.8 Å². The number of hydrogen-bond donors (Lipinski definition) is 8. The number of phosphoric acid groups is 2. The first-order chi connectivity index (χ1) is 28.1. The summed E-state index contributed by atoms with van der Waals surface area (Å²) in [5, 5.41) is 41.1. The standard InChI is InChI=1S/C40H79NO16P2/c1-2-3-4-5-6-7-8-9-13-16-19-22-25-28-34(43)55-32(30-53-33(42)27-24-21-18-15-12-10-11-14-17-20-23-26-29-41)31-54-59(51,52)57-40-37(46)35(44)36(45)39(38(40)47)56-58(48,49)50/h32,35-40,44-47H,2-31,41H2,1H3,(H,51,52)(H2,48,49,50)/t32-,35+,36?,37+,38?,39-,40?/m1/s1. The average molecular weight is 892 g/mol. The molecule has 9 N–H and O–H groups in total. The maximum absolute atomic E-state index is 12.9. The van der Waals surface area contributed by atoms with E-state index in [9.17, 15) is 44.0 Å². The van der Waals surface area contributed by atoms with Crippen LogP contribution in [0.25, 0.3) is 0 Å². The number of ether oxygens (including phenoxy) is 2. The molecule has 0 amide bonds. The number of phosphoric ester groups is 2. The van der Waals surface area contributed by atoms with E-state index in [1.807, 2.05) is 0 Å². The number of carbonyl (C=O) groups is 2. The molecule has 1 saturated carbocycles. The molecule has 4 unspecified atom stereocenters. The third-order valence-corrected chi connectivity index (χ3v) is 12.0. The zero-order valence-corrected chi connectivity index (χ0v) is 37.3. The van der Waals surface area contributed by atoms with E-state index in [1.54, 1.807) is 0 Å². The van der Waals surface area contributed by atoms with Gasteiger partial charge in [0.05, 0.1) is 6.61 Å². The van der Waals surface area contributed by atoms with Crippen molar-refractivity contribution in [3.8, 4) is 0 Å². The van der Waals surface area contributed by atoms with Crippen molar-refractivity contribution in [2.75, 3.05) is 19.8 Å². The Bertz CT molecular complexity index is 1180. The predicted molar refractivity (Wildman–Crippen MR) is 222 cm³/mol. The van der Waals surface area contributed by atoms with Crippen molar-refractivity contribution in [2.24, 2.45) is 5.73 Å². The van der Waals surface area contributed by atoms with E-state index in [-0.39, 0.29) is 12.8 Å². The lowest BCUT2D eigenvalue weighted by Gasteiger charge is -2.43. The maximum Gasteiger partial charge on any atom is 0.472 e. The van der Waals surface area contributed by atoms with Crippen molar-refractivity contribution in [1.82, 2.24) is 0 Å². The second-order valence-corrected chi connectivity index (χ2v) is 18.5. The van der Waals surface area contributed by atoms with E-state index in [0.717, 1.165) is 64.3 Å². The van der Waals surface area contributed by atoms with Gasteiger partial charge in [0.25, 0.3) is 0 Å². The van der Waals surface area contributed by atoms with Gasteiger partial charge in [0.15, 0.2) is 6.10 Å². The monoisotopic (exact) mass is 891 g/mol. The second-order valence-electron chi connectivity index (χ2n) is 15.9. The quantitative estimate of drug-likeness (QED) is 0.0189. The fraction of sp³-hybridized carbons (Fsp3) is 0.950. The Kier molecular flexibility index (Phi) is 31.8. The molecule has 17 nitrogen and oxygen atoms in total. The molecule has 0 aliphatic heterocycles. The van der Waals surface area contributed by atoms with Gasteiger partial charge in [-0.1, -0.05) is 148 Å². The zero-order valence-electron chi connectivity index (χ0n) is 35.5. The van der Waals surface area contributed by atoms with Crippen LogP contribution < -0.4 is 5.73 Å². The number of hydrogen-bond acceptors (Lipinski definition) is 14. The van der Waals surface area contributed by atoms with Gasteiger partial charge in [0.1, 0.15) is 43.2 Å². The first kappa shape index (κ1) is 56.0. The molecule has 0 aromatic rings. The second kappa shape index (κ2) is 33.5. The van der Waals surface area contributed by atoms with Crippen molar-refractivity contribution in [1.29, 1.82) is 0 Å². The summed E-state index contributed by atoms with van der Waals surface area (Å²) in [6.45, 7) is 1.63. The van der Waals surface area contributed by atoms with E-state index in [0.29, 0.717) is 12.8 Å². The summed E-state index contributed by atoms with van der Waals surface area (Å²) < 4.78 is 49.2. The Labute approximate surface area is 352 Å². The lowest BCUT2D eigenvalue weighted by Crippen LogP contribution is -2.64. The van der Waals surface area contributed by atoms with Gasteiger partial charge >= 0.3 is 27.6 Å². The van der Waals surface area contributed by atoms with Gasteiger partial charge < -0.3 is 50.3 Å². The highest BCUT2D eigenvalue weighted by atomic mass is 31.2. The molecule has 1 fully saturated rings. The predicted octanol–water partition coefficient (Wildman–Crippen LogP) is 6.39. The topological polar surface area (TPSA) is 282 Å². The Hall–Kier alpha value is -1.04. The fourth-order valence-corrected chi connectivity index (χ4v) is 8.58. The summed E-state index contributed by atoms with van der Waals surface area (Å²) >= 11 is 0. The van der Waals surface area contributed by atoms with Crippen molar-refractivity contribution in [3.63, 3.8) is 0 Å². The van der Waals surface area contributed by atoms with Gasteiger partial charge in [-0.15, -0.1) is 0 Å². The molecule has 1 rings (SSSR count). The van der Waals surface area contributed by atoms with E-state index in [4.69, 9.17) is 34.0 Å². The highest BCUT2D eigenvalue weighted by Crippen LogP contribution is 2.49. The summed E-state index contributed by atoms with van der Waals surface area (Å²) in [7, 11) is -10.7. The van der Waals surface area contributed by atoms with Crippen LogP contribution in [0.3, 0.4) is 0 Å². The van der Waals surface area contributed by atoms with Crippen LogP contribution in [-0.4, -0.2) is 110 Å². The third kappa shape index (κ3) is 28.3. The highest BCUT2D eigenvalue weighted by Gasteiger charge is 2.54. The lowest BCUT2D eigenvalue weighted by molar-refractivity contribution is -0.216. The van der Waals surface area contributed by atoms with Crippen molar-refractivity contribution in [2.45, 2.75) is 223 Å². The van der Waals surface area contributed by atoms with Gasteiger partial charge in [-0.25, -0.2) is 9.13 Å². The summed E-state index contributed by atoms with van der Waals surface area (Å²) in [4.78, 5) is 54.1. The molecule has 1 aliphatic rings. The van der Waals surface area contributed by atoms with Gasteiger partial charge in [0, 0.05) is 12.8 Å². The van der Waals surface area contributed by atoms with Gasteiger partial charge in [-0.05, 0) is 25.8 Å². The minimum absolute atomic E-state index is 0.0475.